The summed E-state index contributed by atoms with van der Waals surface area (Å²) >= 11 is 0. The molecule has 2 aromatic rings. The molecule has 0 spiro atoms. The number of rotatable bonds is 8. The van der Waals surface area contributed by atoms with Crippen molar-refractivity contribution >= 4 is 0 Å². The van der Waals surface area contributed by atoms with Crippen molar-refractivity contribution in [1.29, 1.82) is 0 Å². The van der Waals surface area contributed by atoms with E-state index in [1.54, 1.807) is 13.4 Å². The van der Waals surface area contributed by atoms with E-state index in [-0.39, 0.29) is 0 Å². The van der Waals surface area contributed by atoms with Crippen molar-refractivity contribution in [1.82, 2.24) is 29.4 Å². The summed E-state index contributed by atoms with van der Waals surface area (Å²) in [6.45, 7) is 9.37. The van der Waals surface area contributed by atoms with Gasteiger partial charge >= 0.3 is 0 Å². The van der Waals surface area contributed by atoms with Gasteiger partial charge in [0.1, 0.15) is 12.2 Å². The smallest absolute Gasteiger partial charge is 0.147 e. The molecule has 0 N–H and O–H groups in total. The van der Waals surface area contributed by atoms with Crippen LogP contribution in [0.2, 0.25) is 0 Å². The molecule has 0 radical (unpaired) electrons. The molecule has 2 rings (SSSR count). The molecular weight excluding hydrogens is 280 g/mol. The summed E-state index contributed by atoms with van der Waals surface area (Å²) in [6.07, 6.45) is 1.76. The van der Waals surface area contributed by atoms with E-state index in [1.165, 1.54) is 5.69 Å². The highest BCUT2D eigenvalue weighted by Crippen LogP contribution is 2.08. The average Bonchev–Trinajstić information content (AvgIpc) is 3.03. The Balaban J connectivity index is 1.95. The van der Waals surface area contributed by atoms with Gasteiger partial charge in [-0.15, -0.1) is 10.2 Å². The van der Waals surface area contributed by atoms with E-state index in [4.69, 9.17) is 4.74 Å². The Morgan fingerprint density at radius 2 is 2.14 bits per heavy atom. The second-order valence-corrected chi connectivity index (χ2v) is 5.81. The average molecular weight is 306 g/mol. The number of hydrogen-bond acceptors (Lipinski definition) is 5. The van der Waals surface area contributed by atoms with Gasteiger partial charge in [0.2, 0.25) is 0 Å². The molecule has 22 heavy (non-hydrogen) atoms. The number of methoxy groups -OCH3 is 1. The second-order valence-electron chi connectivity index (χ2n) is 5.81. The first-order chi connectivity index (χ1) is 10.5. The summed E-state index contributed by atoms with van der Waals surface area (Å²) < 4.78 is 9.21. The monoisotopic (exact) mass is 306 g/mol. The number of nitrogens with zero attached hydrogens (tertiary/aromatic N) is 6. The summed E-state index contributed by atoms with van der Waals surface area (Å²) in [6, 6.07) is 2.46. The molecule has 0 saturated carbocycles. The molecule has 0 aromatic carbocycles. The quantitative estimate of drug-likeness (QED) is 0.735. The van der Waals surface area contributed by atoms with E-state index < -0.39 is 0 Å². The van der Waals surface area contributed by atoms with Crippen LogP contribution in [0.3, 0.4) is 0 Å². The van der Waals surface area contributed by atoms with E-state index in [0.717, 1.165) is 31.2 Å². The third-order valence-corrected chi connectivity index (χ3v) is 3.92. The summed E-state index contributed by atoms with van der Waals surface area (Å²) in [5.41, 5.74) is 2.26. The summed E-state index contributed by atoms with van der Waals surface area (Å²) in [7, 11) is 3.80. The van der Waals surface area contributed by atoms with Crippen LogP contribution in [0.15, 0.2) is 12.4 Å². The molecule has 0 saturated heterocycles. The Labute approximate surface area is 131 Å². The lowest BCUT2D eigenvalue weighted by molar-refractivity contribution is 0.180. The molecule has 2 heterocycles. The Bertz CT molecular complexity index is 591. The van der Waals surface area contributed by atoms with Crippen molar-refractivity contribution < 1.29 is 4.74 Å². The topological polar surface area (TPSA) is 61.0 Å². The van der Waals surface area contributed by atoms with Crippen LogP contribution in [0.1, 0.15) is 24.1 Å². The van der Waals surface area contributed by atoms with Gasteiger partial charge in [0.25, 0.3) is 0 Å². The molecule has 0 fully saturated rings. The van der Waals surface area contributed by atoms with Crippen molar-refractivity contribution in [3.63, 3.8) is 0 Å². The van der Waals surface area contributed by atoms with Crippen molar-refractivity contribution in [3.05, 3.63) is 29.6 Å². The van der Waals surface area contributed by atoms with Crippen LogP contribution in [0.25, 0.3) is 0 Å². The van der Waals surface area contributed by atoms with Crippen molar-refractivity contribution in [3.8, 4) is 0 Å². The van der Waals surface area contributed by atoms with E-state index in [1.807, 2.05) is 11.5 Å². The number of aromatic nitrogens is 5. The summed E-state index contributed by atoms with van der Waals surface area (Å²) in [5, 5.41) is 12.7. The maximum Gasteiger partial charge on any atom is 0.147 e. The van der Waals surface area contributed by atoms with Crippen LogP contribution in [0.4, 0.5) is 0 Å². The molecule has 1 atom stereocenters. The summed E-state index contributed by atoms with van der Waals surface area (Å²) in [5.74, 6) is 0.958. The van der Waals surface area contributed by atoms with Crippen LogP contribution in [-0.4, -0.2) is 56.3 Å². The van der Waals surface area contributed by atoms with Gasteiger partial charge in [-0.25, -0.2) is 0 Å². The maximum absolute atomic E-state index is 5.12. The fourth-order valence-corrected chi connectivity index (χ4v) is 2.41. The zero-order valence-electron chi connectivity index (χ0n) is 14.2. The molecule has 0 aliphatic carbocycles. The van der Waals surface area contributed by atoms with Gasteiger partial charge in [0.15, 0.2) is 0 Å². The van der Waals surface area contributed by atoms with Crippen molar-refractivity contribution in [2.75, 3.05) is 20.8 Å². The lowest BCUT2D eigenvalue weighted by Crippen LogP contribution is -2.34. The Morgan fingerprint density at radius 1 is 1.36 bits per heavy atom. The van der Waals surface area contributed by atoms with Crippen LogP contribution < -0.4 is 0 Å². The molecule has 7 heteroatoms. The standard InChI is InChI=1S/C15H26N6O/c1-12-8-13(2)21(18-12)9-14(3)19(4)10-15-17-16-11-20(15)6-7-22-5/h8,11,14H,6-7,9-10H2,1-5H3. The number of aryl methyl sites for hydroxylation is 2. The summed E-state index contributed by atoms with van der Waals surface area (Å²) in [4.78, 5) is 2.27. The van der Waals surface area contributed by atoms with Gasteiger partial charge in [-0.1, -0.05) is 0 Å². The molecule has 0 bridgehead atoms. The minimum atomic E-state index is 0.352. The van der Waals surface area contributed by atoms with E-state index in [2.05, 4.69) is 51.8 Å². The number of ether oxygens (including phenoxy) is 1. The Hall–Kier alpha value is -1.73. The normalized spacial score (nSPS) is 13.0. The van der Waals surface area contributed by atoms with Crippen molar-refractivity contribution in [2.45, 2.75) is 46.4 Å². The first-order valence-electron chi connectivity index (χ1n) is 7.58. The lowest BCUT2D eigenvalue weighted by Gasteiger charge is -2.24. The fraction of sp³-hybridized carbons (Fsp3) is 0.667. The molecule has 0 amide bonds. The fourth-order valence-electron chi connectivity index (χ4n) is 2.41. The van der Waals surface area contributed by atoms with E-state index in [9.17, 15) is 0 Å². The zero-order chi connectivity index (χ0) is 16.1. The van der Waals surface area contributed by atoms with Gasteiger partial charge in [-0.05, 0) is 33.9 Å². The third kappa shape index (κ3) is 4.14. The molecule has 7 nitrogen and oxygen atoms in total. The Morgan fingerprint density at radius 3 is 2.77 bits per heavy atom. The van der Waals surface area contributed by atoms with Crippen LogP contribution in [0, 0.1) is 13.8 Å². The molecule has 2 aromatic heterocycles. The molecule has 0 aliphatic heterocycles. The van der Waals surface area contributed by atoms with Gasteiger partial charge in [-0.3, -0.25) is 9.58 Å². The second kappa shape index (κ2) is 7.51. The Kier molecular flexibility index (Phi) is 5.68. The van der Waals surface area contributed by atoms with E-state index >= 15 is 0 Å². The minimum Gasteiger partial charge on any atom is -0.383 e. The predicted molar refractivity (Wildman–Crippen MR) is 84.5 cm³/mol. The molecular formula is C15H26N6O. The molecule has 0 aliphatic rings. The van der Waals surface area contributed by atoms with Crippen LogP contribution >= 0.6 is 0 Å². The van der Waals surface area contributed by atoms with Gasteiger partial charge in [0.05, 0.1) is 25.4 Å². The first-order valence-corrected chi connectivity index (χ1v) is 7.58. The number of likely N-dealkylation sites (N-methyl/N-ethyl adjacent to an activating group) is 1. The highest BCUT2D eigenvalue weighted by molar-refractivity contribution is 5.06. The van der Waals surface area contributed by atoms with Gasteiger partial charge in [0, 0.05) is 25.4 Å². The molecule has 122 valence electrons. The van der Waals surface area contributed by atoms with Crippen LogP contribution in [-0.2, 0) is 24.4 Å². The largest absolute Gasteiger partial charge is 0.383 e. The maximum atomic E-state index is 5.12. The highest BCUT2D eigenvalue weighted by atomic mass is 16.5. The molecule has 1 unspecified atom stereocenters. The third-order valence-electron chi connectivity index (χ3n) is 3.92. The SMILES string of the molecule is COCCn1cnnc1CN(C)C(C)Cn1nc(C)cc1C. The number of hydrogen-bond donors (Lipinski definition) is 0. The minimum absolute atomic E-state index is 0.352. The highest BCUT2D eigenvalue weighted by Gasteiger charge is 2.15. The van der Waals surface area contributed by atoms with Gasteiger partial charge < -0.3 is 9.30 Å². The first kappa shape index (κ1) is 16.6. The van der Waals surface area contributed by atoms with E-state index in [0.29, 0.717) is 12.6 Å². The van der Waals surface area contributed by atoms with Gasteiger partial charge in [-0.2, -0.15) is 5.10 Å². The van der Waals surface area contributed by atoms with Crippen LogP contribution in [0.5, 0.6) is 0 Å². The zero-order valence-corrected chi connectivity index (χ0v) is 14.2. The lowest BCUT2D eigenvalue weighted by atomic mass is 10.3. The predicted octanol–water partition coefficient (Wildman–Crippen LogP) is 1.26. The van der Waals surface area contributed by atoms with Crippen molar-refractivity contribution in [2.24, 2.45) is 0 Å².